The van der Waals surface area contributed by atoms with Crippen molar-refractivity contribution in [3.63, 3.8) is 0 Å². The van der Waals surface area contributed by atoms with Gasteiger partial charge in [-0.2, -0.15) is 9.61 Å². The summed E-state index contributed by atoms with van der Waals surface area (Å²) in [7, 11) is 0. The minimum atomic E-state index is -0.704. The number of aliphatic hydroxyl groups is 1. The van der Waals surface area contributed by atoms with E-state index in [0.29, 0.717) is 19.0 Å². The van der Waals surface area contributed by atoms with Gasteiger partial charge in [-0.05, 0) is 49.5 Å². The van der Waals surface area contributed by atoms with E-state index < -0.39 is 5.60 Å². The van der Waals surface area contributed by atoms with Crippen molar-refractivity contribution in [2.75, 3.05) is 30.3 Å². The molecule has 1 aliphatic rings. The van der Waals surface area contributed by atoms with Gasteiger partial charge < -0.3 is 21.1 Å². The third-order valence-corrected chi connectivity index (χ3v) is 5.48. The Morgan fingerprint density at radius 2 is 1.90 bits per heavy atom. The number of anilines is 2. The molecule has 8 nitrogen and oxygen atoms in total. The Morgan fingerprint density at radius 3 is 2.58 bits per heavy atom. The lowest BCUT2D eigenvalue weighted by molar-refractivity contribution is 0.0231. The molecule has 0 saturated carbocycles. The molecule has 9 heteroatoms. The largest absolute Gasteiger partial charge is 0.388 e. The summed E-state index contributed by atoms with van der Waals surface area (Å²) in [4.78, 5) is 8.87. The minimum absolute atomic E-state index is 0. The van der Waals surface area contributed by atoms with E-state index in [0.717, 1.165) is 54.3 Å². The first kappa shape index (κ1) is 24.8. The second kappa shape index (κ2) is 10.7. The number of hydrogen-bond donors (Lipinski definition) is 4. The Labute approximate surface area is 190 Å². The van der Waals surface area contributed by atoms with Gasteiger partial charge in [0.2, 0.25) is 0 Å². The molecule has 0 amide bonds. The zero-order valence-corrected chi connectivity index (χ0v) is 18.2. The van der Waals surface area contributed by atoms with Crippen molar-refractivity contribution < 1.29 is 5.11 Å². The SMILES string of the molecule is C.CC(C)c1cnn2c(NCc3ccncc3)cc(NCC3(O)CCNCC3)nc12.Cl. The maximum Gasteiger partial charge on any atom is 0.163 e. The molecule has 1 fully saturated rings. The normalized spacial score (nSPS) is 15.2. The van der Waals surface area contributed by atoms with Crippen LogP contribution in [0.15, 0.2) is 36.8 Å². The van der Waals surface area contributed by atoms with Crippen molar-refractivity contribution in [1.82, 2.24) is 24.9 Å². The van der Waals surface area contributed by atoms with Gasteiger partial charge in [0.15, 0.2) is 5.65 Å². The number of rotatable bonds is 7. The monoisotopic (exact) mass is 447 g/mol. The fourth-order valence-corrected chi connectivity index (χ4v) is 3.62. The van der Waals surface area contributed by atoms with Gasteiger partial charge in [-0.25, -0.2) is 4.98 Å². The summed E-state index contributed by atoms with van der Waals surface area (Å²) in [6.45, 7) is 7.09. The lowest BCUT2D eigenvalue weighted by Gasteiger charge is -2.32. The number of hydrogen-bond acceptors (Lipinski definition) is 7. The number of nitrogens with one attached hydrogen (secondary N) is 3. The van der Waals surface area contributed by atoms with E-state index in [2.05, 4.69) is 39.9 Å². The van der Waals surface area contributed by atoms with Crippen LogP contribution in [0.1, 0.15) is 51.2 Å². The van der Waals surface area contributed by atoms with Crippen LogP contribution in [0, 0.1) is 0 Å². The Balaban J connectivity index is 0.00000171. The van der Waals surface area contributed by atoms with E-state index in [1.165, 1.54) is 0 Å². The van der Waals surface area contributed by atoms with E-state index >= 15 is 0 Å². The molecule has 0 aromatic carbocycles. The van der Waals surface area contributed by atoms with Crippen molar-refractivity contribution in [2.24, 2.45) is 0 Å². The lowest BCUT2D eigenvalue weighted by atomic mass is 9.92. The first-order valence-corrected chi connectivity index (χ1v) is 10.2. The summed E-state index contributed by atoms with van der Waals surface area (Å²) in [6.07, 6.45) is 6.93. The minimum Gasteiger partial charge on any atom is -0.388 e. The molecule has 0 radical (unpaired) electrons. The molecule has 1 aliphatic heterocycles. The smallest absolute Gasteiger partial charge is 0.163 e. The van der Waals surface area contributed by atoms with Crippen LogP contribution in [0.25, 0.3) is 5.65 Å². The molecule has 0 spiro atoms. The first-order chi connectivity index (χ1) is 14.0. The number of piperidine rings is 1. The molecule has 1 saturated heterocycles. The van der Waals surface area contributed by atoms with Crippen LogP contribution in [0.2, 0.25) is 0 Å². The van der Waals surface area contributed by atoms with Crippen molar-refractivity contribution in [3.8, 4) is 0 Å². The van der Waals surface area contributed by atoms with Gasteiger partial charge in [-0.3, -0.25) is 4.98 Å². The summed E-state index contributed by atoms with van der Waals surface area (Å²) in [5.41, 5.74) is 2.37. The summed E-state index contributed by atoms with van der Waals surface area (Å²) in [5, 5.41) is 25.5. The van der Waals surface area contributed by atoms with Crippen molar-refractivity contribution >= 4 is 29.7 Å². The van der Waals surface area contributed by atoms with Crippen LogP contribution in [0.3, 0.4) is 0 Å². The van der Waals surface area contributed by atoms with E-state index in [4.69, 9.17) is 4.98 Å². The molecule has 0 aliphatic carbocycles. The van der Waals surface area contributed by atoms with Gasteiger partial charge in [0, 0.05) is 37.1 Å². The van der Waals surface area contributed by atoms with Gasteiger partial charge in [0.1, 0.15) is 11.6 Å². The van der Waals surface area contributed by atoms with Gasteiger partial charge in [-0.15, -0.1) is 12.4 Å². The fraction of sp³-hybridized carbons (Fsp3) is 0.500. The molecular formula is C22H34ClN7O. The molecule has 4 rings (SSSR count). The predicted molar refractivity (Wildman–Crippen MR) is 128 cm³/mol. The number of pyridine rings is 1. The Hall–Kier alpha value is -2.42. The van der Waals surface area contributed by atoms with E-state index in [-0.39, 0.29) is 19.8 Å². The molecule has 4 heterocycles. The molecule has 31 heavy (non-hydrogen) atoms. The van der Waals surface area contributed by atoms with Gasteiger partial charge >= 0.3 is 0 Å². The molecule has 4 N–H and O–H groups in total. The van der Waals surface area contributed by atoms with Crippen LogP contribution in [-0.2, 0) is 6.54 Å². The van der Waals surface area contributed by atoms with Crippen molar-refractivity contribution in [1.29, 1.82) is 0 Å². The quantitative estimate of drug-likeness (QED) is 0.440. The zero-order valence-electron chi connectivity index (χ0n) is 17.4. The molecule has 0 atom stereocenters. The highest BCUT2D eigenvalue weighted by molar-refractivity contribution is 5.85. The van der Waals surface area contributed by atoms with E-state index in [1.807, 2.05) is 28.9 Å². The maximum absolute atomic E-state index is 10.8. The average molecular weight is 448 g/mol. The Bertz CT molecular complexity index is 955. The van der Waals surface area contributed by atoms with Crippen LogP contribution >= 0.6 is 12.4 Å². The van der Waals surface area contributed by atoms with Crippen molar-refractivity contribution in [3.05, 3.63) is 47.9 Å². The number of nitrogens with zero attached hydrogens (tertiary/aromatic N) is 4. The van der Waals surface area contributed by atoms with Crippen LogP contribution in [0.4, 0.5) is 11.6 Å². The molecule has 0 bridgehead atoms. The first-order valence-electron chi connectivity index (χ1n) is 10.2. The predicted octanol–water partition coefficient (Wildman–Crippen LogP) is 3.44. The Morgan fingerprint density at radius 1 is 1.19 bits per heavy atom. The molecule has 3 aromatic heterocycles. The van der Waals surface area contributed by atoms with E-state index in [1.54, 1.807) is 12.4 Å². The molecule has 0 unspecified atom stereocenters. The fourth-order valence-electron chi connectivity index (χ4n) is 3.62. The topological polar surface area (TPSA) is 99.4 Å². The van der Waals surface area contributed by atoms with Crippen LogP contribution in [0.5, 0.6) is 0 Å². The zero-order chi connectivity index (χ0) is 20.3. The third-order valence-electron chi connectivity index (χ3n) is 5.48. The molecule has 3 aromatic rings. The second-order valence-electron chi connectivity index (χ2n) is 8.05. The maximum atomic E-state index is 10.8. The third kappa shape index (κ3) is 5.84. The van der Waals surface area contributed by atoms with E-state index in [9.17, 15) is 5.11 Å². The summed E-state index contributed by atoms with van der Waals surface area (Å²) in [5.74, 6) is 1.92. The highest BCUT2D eigenvalue weighted by Crippen LogP contribution is 2.25. The van der Waals surface area contributed by atoms with Crippen molar-refractivity contribution in [2.45, 2.75) is 52.2 Å². The molecule has 170 valence electrons. The van der Waals surface area contributed by atoms with Gasteiger partial charge in [0.25, 0.3) is 0 Å². The Kier molecular flexibility index (Phi) is 8.61. The number of halogens is 1. The summed E-state index contributed by atoms with van der Waals surface area (Å²) < 4.78 is 1.85. The summed E-state index contributed by atoms with van der Waals surface area (Å²) >= 11 is 0. The van der Waals surface area contributed by atoms with Crippen LogP contribution < -0.4 is 16.0 Å². The van der Waals surface area contributed by atoms with Crippen LogP contribution in [-0.4, -0.2) is 49.9 Å². The highest BCUT2D eigenvalue weighted by atomic mass is 35.5. The number of aromatic nitrogens is 4. The number of fused-ring (bicyclic) bond motifs is 1. The van der Waals surface area contributed by atoms with Gasteiger partial charge in [0.05, 0.1) is 11.8 Å². The van der Waals surface area contributed by atoms with Gasteiger partial charge in [-0.1, -0.05) is 21.3 Å². The summed E-state index contributed by atoms with van der Waals surface area (Å²) in [6, 6.07) is 5.93. The second-order valence-corrected chi connectivity index (χ2v) is 8.05. The molecular weight excluding hydrogens is 414 g/mol. The average Bonchev–Trinajstić information content (AvgIpc) is 3.16. The highest BCUT2D eigenvalue weighted by Gasteiger charge is 2.29. The standard InChI is InChI=1S/C21H29N7O.CH4.ClH/c1-15(2)17-13-26-28-19(24-12-16-3-7-22-8-4-16)11-18(27-20(17)28)25-14-21(29)5-9-23-10-6-21;;/h3-4,7-8,11,13,15,23-24,29H,5-6,9-10,12,14H2,1-2H3,(H,25,27);1H4;1H. The lowest BCUT2D eigenvalue weighted by Crippen LogP contribution is -2.46.